The number of nitrogens with one attached hydrogen (secondary N) is 2. The van der Waals surface area contributed by atoms with E-state index < -0.39 is 0 Å². The van der Waals surface area contributed by atoms with Gasteiger partial charge in [0.15, 0.2) is 0 Å². The third-order valence-corrected chi connectivity index (χ3v) is 5.48. The minimum atomic E-state index is 0.567. The van der Waals surface area contributed by atoms with Crippen LogP contribution < -0.4 is 15.8 Å². The van der Waals surface area contributed by atoms with Gasteiger partial charge in [-0.2, -0.15) is 0 Å². The Hall–Kier alpha value is -3.00. The molecule has 0 unspecified atom stereocenters. The minimum Gasteiger partial charge on any atom is -0.380 e. The highest BCUT2D eigenvalue weighted by molar-refractivity contribution is 5.49. The lowest BCUT2D eigenvalue weighted by Gasteiger charge is -2.22. The SMILES string of the molecule is Cc1cccc(CNNc2cc(N3CCCOCC3)nc(CCOCc3ccccc3)n2)c1. The molecule has 2 N–H and O–H groups in total. The molecule has 2 aromatic carbocycles. The van der Waals surface area contributed by atoms with Gasteiger partial charge in [-0.05, 0) is 24.5 Å². The summed E-state index contributed by atoms with van der Waals surface area (Å²) in [6.07, 6.45) is 1.64. The highest BCUT2D eigenvalue weighted by Crippen LogP contribution is 2.18. The monoisotopic (exact) mass is 447 g/mol. The van der Waals surface area contributed by atoms with Crippen LogP contribution in [0.5, 0.6) is 0 Å². The fraction of sp³-hybridized carbons (Fsp3) is 0.385. The van der Waals surface area contributed by atoms with Crippen molar-refractivity contribution >= 4 is 11.6 Å². The molecule has 0 saturated carbocycles. The van der Waals surface area contributed by atoms with Gasteiger partial charge in [0, 0.05) is 38.7 Å². The van der Waals surface area contributed by atoms with Gasteiger partial charge < -0.3 is 19.8 Å². The molecule has 0 spiro atoms. The summed E-state index contributed by atoms with van der Waals surface area (Å²) >= 11 is 0. The quantitative estimate of drug-likeness (QED) is 0.361. The standard InChI is InChI=1S/C26H33N5O2/c1-21-7-5-10-23(17-21)19-27-30-25-18-26(31-12-6-14-32-16-13-31)29-24(28-25)11-15-33-20-22-8-3-2-4-9-22/h2-5,7-10,17-18,27H,6,11-16,19-20H2,1H3,(H,28,29,30). The maximum Gasteiger partial charge on any atom is 0.146 e. The lowest BCUT2D eigenvalue weighted by Crippen LogP contribution is -2.28. The number of benzene rings is 2. The fourth-order valence-corrected chi connectivity index (χ4v) is 3.78. The highest BCUT2D eigenvalue weighted by atomic mass is 16.5. The van der Waals surface area contributed by atoms with Crippen molar-refractivity contribution in [2.45, 2.75) is 32.9 Å². The largest absolute Gasteiger partial charge is 0.380 e. The fourth-order valence-electron chi connectivity index (χ4n) is 3.78. The predicted octanol–water partition coefficient (Wildman–Crippen LogP) is 3.89. The first kappa shape index (κ1) is 23.2. The van der Waals surface area contributed by atoms with E-state index in [9.17, 15) is 0 Å². The van der Waals surface area contributed by atoms with Crippen LogP contribution in [-0.2, 0) is 29.0 Å². The van der Waals surface area contributed by atoms with Crippen molar-refractivity contribution in [3.63, 3.8) is 0 Å². The zero-order valence-corrected chi connectivity index (χ0v) is 19.3. The van der Waals surface area contributed by atoms with Crippen LogP contribution in [0.3, 0.4) is 0 Å². The average Bonchev–Trinajstić information content (AvgIpc) is 3.12. The first-order valence-corrected chi connectivity index (χ1v) is 11.6. The third kappa shape index (κ3) is 7.53. The molecule has 2 heterocycles. The van der Waals surface area contributed by atoms with Crippen molar-refractivity contribution in [2.24, 2.45) is 0 Å². The third-order valence-electron chi connectivity index (χ3n) is 5.48. The molecule has 0 radical (unpaired) electrons. The Morgan fingerprint density at radius 2 is 1.85 bits per heavy atom. The van der Waals surface area contributed by atoms with Gasteiger partial charge in [-0.15, -0.1) is 0 Å². The first-order chi connectivity index (χ1) is 16.3. The molecular formula is C26H33N5O2. The van der Waals surface area contributed by atoms with E-state index in [0.29, 0.717) is 32.8 Å². The van der Waals surface area contributed by atoms with Gasteiger partial charge >= 0.3 is 0 Å². The van der Waals surface area contributed by atoms with E-state index in [-0.39, 0.29) is 0 Å². The van der Waals surface area contributed by atoms with Crippen LogP contribution in [0.1, 0.15) is 28.9 Å². The van der Waals surface area contributed by atoms with Crippen LogP contribution in [0.15, 0.2) is 60.7 Å². The topological polar surface area (TPSA) is 71.5 Å². The number of aryl methyl sites for hydroxylation is 1. The molecule has 33 heavy (non-hydrogen) atoms. The molecule has 1 aliphatic heterocycles. The second-order valence-corrected chi connectivity index (χ2v) is 8.24. The summed E-state index contributed by atoms with van der Waals surface area (Å²) < 4.78 is 11.5. The van der Waals surface area contributed by atoms with Crippen LogP contribution in [0, 0.1) is 6.92 Å². The zero-order valence-electron chi connectivity index (χ0n) is 19.3. The molecule has 1 saturated heterocycles. The van der Waals surface area contributed by atoms with E-state index in [1.165, 1.54) is 16.7 Å². The summed E-state index contributed by atoms with van der Waals surface area (Å²) in [7, 11) is 0. The van der Waals surface area contributed by atoms with E-state index in [2.05, 4.69) is 59.1 Å². The molecular weight excluding hydrogens is 414 g/mol. The number of nitrogens with zero attached hydrogens (tertiary/aromatic N) is 3. The van der Waals surface area contributed by atoms with Gasteiger partial charge in [0.1, 0.15) is 17.5 Å². The molecule has 174 valence electrons. The smallest absolute Gasteiger partial charge is 0.146 e. The maximum atomic E-state index is 5.87. The van der Waals surface area contributed by atoms with Crippen LogP contribution in [0.2, 0.25) is 0 Å². The van der Waals surface area contributed by atoms with Gasteiger partial charge in [-0.1, -0.05) is 60.2 Å². The van der Waals surface area contributed by atoms with Crippen molar-refractivity contribution in [1.82, 2.24) is 15.4 Å². The Morgan fingerprint density at radius 1 is 0.970 bits per heavy atom. The normalized spacial score (nSPS) is 14.2. The lowest BCUT2D eigenvalue weighted by atomic mass is 10.1. The maximum absolute atomic E-state index is 5.87. The van der Waals surface area contributed by atoms with Crippen LogP contribution in [0.25, 0.3) is 0 Å². The predicted molar refractivity (Wildman–Crippen MR) is 131 cm³/mol. The molecule has 1 fully saturated rings. The Morgan fingerprint density at radius 3 is 2.73 bits per heavy atom. The van der Waals surface area contributed by atoms with Crippen molar-refractivity contribution in [1.29, 1.82) is 0 Å². The Labute approximate surface area is 196 Å². The molecule has 1 aromatic heterocycles. The van der Waals surface area contributed by atoms with Crippen molar-refractivity contribution in [2.75, 3.05) is 43.2 Å². The van der Waals surface area contributed by atoms with Crippen LogP contribution in [0.4, 0.5) is 11.6 Å². The number of rotatable bonds is 10. The molecule has 4 rings (SSSR count). The van der Waals surface area contributed by atoms with Gasteiger partial charge in [0.25, 0.3) is 0 Å². The molecule has 0 amide bonds. The number of hydrazine groups is 1. The summed E-state index contributed by atoms with van der Waals surface area (Å²) in [6.45, 7) is 7.23. The Bertz CT molecular complexity index is 991. The number of hydrogen-bond acceptors (Lipinski definition) is 7. The second kappa shape index (κ2) is 12.3. The molecule has 1 aliphatic rings. The van der Waals surface area contributed by atoms with Gasteiger partial charge in [-0.3, -0.25) is 0 Å². The summed E-state index contributed by atoms with van der Waals surface area (Å²) in [5, 5.41) is 0. The number of hydrogen-bond donors (Lipinski definition) is 2. The van der Waals surface area contributed by atoms with Gasteiger partial charge in [-0.25, -0.2) is 15.4 Å². The van der Waals surface area contributed by atoms with Crippen molar-refractivity contribution < 1.29 is 9.47 Å². The molecule has 7 heteroatoms. The zero-order chi connectivity index (χ0) is 22.7. The van der Waals surface area contributed by atoms with Crippen LogP contribution in [-0.4, -0.2) is 42.9 Å². The summed E-state index contributed by atoms with van der Waals surface area (Å²) in [5.41, 5.74) is 10.2. The Balaban J connectivity index is 1.39. The molecule has 0 bridgehead atoms. The van der Waals surface area contributed by atoms with E-state index in [4.69, 9.17) is 19.4 Å². The summed E-state index contributed by atoms with van der Waals surface area (Å²) in [6, 6.07) is 20.7. The first-order valence-electron chi connectivity index (χ1n) is 11.6. The van der Waals surface area contributed by atoms with E-state index in [1.807, 2.05) is 24.3 Å². The molecule has 0 aliphatic carbocycles. The molecule has 0 atom stereocenters. The van der Waals surface area contributed by atoms with E-state index in [1.54, 1.807) is 0 Å². The summed E-state index contributed by atoms with van der Waals surface area (Å²) in [4.78, 5) is 11.8. The van der Waals surface area contributed by atoms with Gasteiger partial charge in [0.2, 0.25) is 0 Å². The average molecular weight is 448 g/mol. The van der Waals surface area contributed by atoms with Gasteiger partial charge in [0.05, 0.1) is 19.8 Å². The number of anilines is 2. The molecule has 7 nitrogen and oxygen atoms in total. The van der Waals surface area contributed by atoms with Crippen LogP contribution >= 0.6 is 0 Å². The van der Waals surface area contributed by atoms with E-state index >= 15 is 0 Å². The van der Waals surface area contributed by atoms with Crippen molar-refractivity contribution in [3.8, 4) is 0 Å². The lowest BCUT2D eigenvalue weighted by molar-refractivity contribution is 0.122. The summed E-state index contributed by atoms with van der Waals surface area (Å²) in [5.74, 6) is 2.45. The number of ether oxygens (including phenoxy) is 2. The number of aromatic nitrogens is 2. The van der Waals surface area contributed by atoms with Crippen molar-refractivity contribution in [3.05, 3.63) is 83.2 Å². The second-order valence-electron chi connectivity index (χ2n) is 8.24. The molecule has 3 aromatic rings. The minimum absolute atomic E-state index is 0.567. The highest BCUT2D eigenvalue weighted by Gasteiger charge is 2.14. The Kier molecular flexibility index (Phi) is 8.63. The van der Waals surface area contributed by atoms with E-state index in [0.717, 1.165) is 43.6 Å².